The predicted molar refractivity (Wildman–Crippen MR) is 97.3 cm³/mol. The summed E-state index contributed by atoms with van der Waals surface area (Å²) in [6.07, 6.45) is 0. The number of hydrogen-bond donors (Lipinski definition) is 2. The summed E-state index contributed by atoms with van der Waals surface area (Å²) in [6, 6.07) is 18.0. The van der Waals surface area contributed by atoms with Crippen LogP contribution in [-0.2, 0) is 0 Å². The average molecular weight is 311 g/mol. The maximum atomic E-state index is 12.4. The van der Waals surface area contributed by atoms with Crippen LogP contribution in [0.5, 0.6) is 0 Å². The van der Waals surface area contributed by atoms with Crippen molar-refractivity contribution in [3.8, 4) is 0 Å². The van der Waals surface area contributed by atoms with Gasteiger partial charge < -0.3 is 15.5 Å². The molecule has 0 bridgehead atoms. The van der Waals surface area contributed by atoms with Crippen molar-refractivity contribution < 1.29 is 4.79 Å². The van der Waals surface area contributed by atoms with Crippen LogP contribution in [0.15, 0.2) is 54.6 Å². The number of benzene rings is 2. The minimum atomic E-state index is -0.0706. The Morgan fingerprint density at radius 3 is 1.78 bits per heavy atom. The largest absolute Gasteiger partial charge is 0.356 e. The van der Waals surface area contributed by atoms with E-state index < -0.39 is 0 Å². The van der Waals surface area contributed by atoms with E-state index in [0.29, 0.717) is 0 Å². The lowest BCUT2D eigenvalue weighted by Crippen LogP contribution is -2.44. The van der Waals surface area contributed by atoms with E-state index in [-0.39, 0.29) is 18.1 Å². The molecule has 4 nitrogen and oxygen atoms in total. The summed E-state index contributed by atoms with van der Waals surface area (Å²) < 4.78 is 0. The molecule has 4 heteroatoms. The van der Waals surface area contributed by atoms with Crippen LogP contribution < -0.4 is 10.6 Å². The number of urea groups is 1. The number of para-hydroxylation sites is 1. The summed E-state index contributed by atoms with van der Waals surface area (Å²) in [6.45, 7) is 8.08. The van der Waals surface area contributed by atoms with Crippen LogP contribution in [0.3, 0.4) is 0 Å². The summed E-state index contributed by atoms with van der Waals surface area (Å²) in [5.74, 6) is 0. The van der Waals surface area contributed by atoms with Crippen LogP contribution >= 0.6 is 0 Å². The van der Waals surface area contributed by atoms with Crippen LogP contribution in [0.25, 0.3) is 0 Å². The molecular weight excluding hydrogens is 286 g/mol. The van der Waals surface area contributed by atoms with Gasteiger partial charge in [0.05, 0.1) is 0 Å². The lowest BCUT2D eigenvalue weighted by molar-refractivity contribution is 0.178. The van der Waals surface area contributed by atoms with Gasteiger partial charge in [-0.1, -0.05) is 18.2 Å². The second kappa shape index (κ2) is 7.68. The summed E-state index contributed by atoms with van der Waals surface area (Å²) >= 11 is 0. The average Bonchev–Trinajstić information content (AvgIpc) is 2.49. The van der Waals surface area contributed by atoms with E-state index >= 15 is 0 Å². The second-order valence-electron chi connectivity index (χ2n) is 6.09. The number of carbonyl (C=O) groups is 1. The van der Waals surface area contributed by atoms with E-state index in [2.05, 4.69) is 10.6 Å². The number of nitrogens with one attached hydrogen (secondary N) is 2. The highest BCUT2D eigenvalue weighted by Gasteiger charge is 2.19. The molecule has 2 rings (SSSR count). The number of carbonyl (C=O) groups excluding carboxylic acids is 1. The lowest BCUT2D eigenvalue weighted by atomic mass is 10.2. The van der Waals surface area contributed by atoms with E-state index in [1.807, 2.05) is 87.2 Å². The molecule has 2 aromatic carbocycles. The number of rotatable bonds is 5. The molecule has 0 atom stereocenters. The van der Waals surface area contributed by atoms with Crippen LogP contribution in [-0.4, -0.2) is 23.0 Å². The summed E-state index contributed by atoms with van der Waals surface area (Å²) in [7, 11) is 0. The Bertz CT molecular complexity index is 613. The molecule has 2 N–H and O–H groups in total. The molecule has 0 aliphatic heterocycles. The lowest BCUT2D eigenvalue weighted by Gasteiger charge is -2.30. The highest BCUT2D eigenvalue weighted by molar-refractivity contribution is 5.90. The number of amides is 2. The fraction of sp³-hybridized carbons (Fsp3) is 0.316. The third-order valence-electron chi connectivity index (χ3n) is 3.55. The fourth-order valence-corrected chi connectivity index (χ4v) is 2.58. The van der Waals surface area contributed by atoms with Gasteiger partial charge in [-0.25, -0.2) is 4.79 Å². The van der Waals surface area contributed by atoms with E-state index in [1.165, 1.54) is 0 Å². The minimum absolute atomic E-state index is 0.0706. The Kier molecular flexibility index (Phi) is 5.63. The van der Waals surface area contributed by atoms with Crippen LogP contribution in [0.2, 0.25) is 0 Å². The van der Waals surface area contributed by atoms with Gasteiger partial charge in [-0.3, -0.25) is 0 Å². The summed E-state index contributed by atoms with van der Waals surface area (Å²) in [4.78, 5) is 14.2. The van der Waals surface area contributed by atoms with Gasteiger partial charge in [0.25, 0.3) is 0 Å². The molecule has 23 heavy (non-hydrogen) atoms. The Balaban J connectivity index is 2.01. The predicted octanol–water partition coefficient (Wildman–Crippen LogP) is 5.08. The van der Waals surface area contributed by atoms with Crippen molar-refractivity contribution >= 4 is 23.1 Å². The smallest absolute Gasteiger partial charge is 0.322 e. The molecule has 0 heterocycles. The van der Waals surface area contributed by atoms with Crippen molar-refractivity contribution in [2.24, 2.45) is 0 Å². The van der Waals surface area contributed by atoms with Gasteiger partial charge in [-0.15, -0.1) is 0 Å². The normalized spacial score (nSPS) is 10.7. The van der Waals surface area contributed by atoms with Gasteiger partial charge in [0.1, 0.15) is 0 Å². The van der Waals surface area contributed by atoms with E-state index in [9.17, 15) is 4.79 Å². The maximum Gasteiger partial charge on any atom is 0.322 e. The number of nitrogens with zero attached hydrogens (tertiary/aromatic N) is 1. The van der Waals surface area contributed by atoms with E-state index in [1.54, 1.807) is 0 Å². The van der Waals surface area contributed by atoms with Crippen molar-refractivity contribution in [2.45, 2.75) is 39.8 Å². The summed E-state index contributed by atoms with van der Waals surface area (Å²) in [5.41, 5.74) is 2.81. The zero-order valence-corrected chi connectivity index (χ0v) is 14.2. The maximum absolute atomic E-state index is 12.4. The van der Waals surface area contributed by atoms with Gasteiger partial charge in [-0.05, 0) is 64.1 Å². The minimum Gasteiger partial charge on any atom is -0.356 e. The zero-order valence-electron chi connectivity index (χ0n) is 14.2. The van der Waals surface area contributed by atoms with Crippen LogP contribution in [0.4, 0.5) is 21.9 Å². The van der Waals surface area contributed by atoms with Gasteiger partial charge in [0, 0.05) is 29.1 Å². The van der Waals surface area contributed by atoms with Gasteiger partial charge in [-0.2, -0.15) is 0 Å². The number of hydrogen-bond acceptors (Lipinski definition) is 2. The highest BCUT2D eigenvalue weighted by atomic mass is 16.2. The number of anilines is 3. The Morgan fingerprint density at radius 2 is 1.26 bits per heavy atom. The second-order valence-corrected chi connectivity index (χ2v) is 6.09. The molecule has 0 fully saturated rings. The molecule has 2 aromatic rings. The van der Waals surface area contributed by atoms with E-state index in [0.717, 1.165) is 17.1 Å². The molecule has 0 aliphatic rings. The Hall–Kier alpha value is -2.49. The highest BCUT2D eigenvalue weighted by Crippen LogP contribution is 2.19. The molecule has 0 aromatic heterocycles. The van der Waals surface area contributed by atoms with E-state index in [4.69, 9.17) is 0 Å². The van der Waals surface area contributed by atoms with Crippen LogP contribution in [0.1, 0.15) is 27.7 Å². The monoisotopic (exact) mass is 311 g/mol. The fourth-order valence-electron chi connectivity index (χ4n) is 2.58. The first-order valence-electron chi connectivity index (χ1n) is 7.99. The third-order valence-corrected chi connectivity index (χ3v) is 3.55. The summed E-state index contributed by atoms with van der Waals surface area (Å²) in [5, 5.41) is 6.28. The van der Waals surface area contributed by atoms with Crippen molar-refractivity contribution in [2.75, 3.05) is 10.6 Å². The molecule has 0 radical (unpaired) electrons. The molecule has 0 saturated carbocycles. The first-order valence-corrected chi connectivity index (χ1v) is 7.99. The third kappa shape index (κ3) is 4.74. The van der Waals surface area contributed by atoms with Gasteiger partial charge >= 0.3 is 6.03 Å². The topological polar surface area (TPSA) is 44.4 Å². The van der Waals surface area contributed by atoms with Crippen LogP contribution in [0, 0.1) is 0 Å². The molecule has 0 unspecified atom stereocenters. The first-order chi connectivity index (χ1) is 11.0. The van der Waals surface area contributed by atoms with Gasteiger partial charge in [0.15, 0.2) is 0 Å². The molecular formula is C19H25N3O. The Labute approximate surface area is 138 Å². The molecule has 2 amide bonds. The SMILES string of the molecule is CC(C)N(C(=O)Nc1ccc(Nc2ccccc2)cc1)C(C)C. The Morgan fingerprint density at radius 1 is 0.783 bits per heavy atom. The standard InChI is InChI=1S/C19H25N3O/c1-14(2)22(15(3)4)19(23)21-18-12-10-17(11-13-18)20-16-8-6-5-7-9-16/h5-15,20H,1-4H3,(H,21,23). The molecule has 0 spiro atoms. The van der Waals surface area contributed by atoms with Crippen molar-refractivity contribution in [3.05, 3.63) is 54.6 Å². The van der Waals surface area contributed by atoms with Crippen molar-refractivity contribution in [1.82, 2.24) is 4.90 Å². The quantitative estimate of drug-likeness (QED) is 0.808. The van der Waals surface area contributed by atoms with Gasteiger partial charge in [0.2, 0.25) is 0 Å². The van der Waals surface area contributed by atoms with Crippen molar-refractivity contribution in [3.63, 3.8) is 0 Å². The molecule has 122 valence electrons. The zero-order chi connectivity index (χ0) is 16.8. The molecule has 0 saturated heterocycles. The first kappa shape index (κ1) is 16.9. The molecule has 0 aliphatic carbocycles. The van der Waals surface area contributed by atoms with Crippen molar-refractivity contribution in [1.29, 1.82) is 0 Å².